The van der Waals surface area contributed by atoms with Crippen molar-refractivity contribution in [3.8, 4) is 11.1 Å². The Kier molecular flexibility index (Phi) is 4.94. The Labute approximate surface area is 200 Å². The largest absolute Gasteiger partial charge is 0.356 e. The number of fused-ring (bicyclic) bond motifs is 3. The molecule has 6 rings (SSSR count). The summed E-state index contributed by atoms with van der Waals surface area (Å²) in [5.41, 5.74) is 1.36. The van der Waals surface area contributed by atoms with Crippen molar-refractivity contribution in [2.45, 2.75) is 32.2 Å². The smallest absolute Gasteiger partial charge is 0.243 e. The Balaban J connectivity index is 1.31. The first-order valence-corrected chi connectivity index (χ1v) is 11.6. The second-order valence-electron chi connectivity index (χ2n) is 9.65. The van der Waals surface area contributed by atoms with Crippen molar-refractivity contribution in [1.82, 2.24) is 24.6 Å². The van der Waals surface area contributed by atoms with Crippen LogP contribution >= 0.6 is 0 Å². The first-order chi connectivity index (χ1) is 16.8. The first kappa shape index (κ1) is 21.8. The van der Waals surface area contributed by atoms with Crippen molar-refractivity contribution >= 4 is 17.4 Å². The van der Waals surface area contributed by atoms with Crippen LogP contribution in [0.5, 0.6) is 0 Å². The van der Waals surface area contributed by atoms with Gasteiger partial charge in [-0.1, -0.05) is 0 Å². The zero-order chi connectivity index (χ0) is 24.3. The molecule has 1 N–H and O–H groups in total. The molecule has 4 aromatic rings. The van der Waals surface area contributed by atoms with Crippen molar-refractivity contribution < 1.29 is 13.2 Å². The van der Waals surface area contributed by atoms with Crippen LogP contribution in [0.4, 0.5) is 24.9 Å². The molecular weight excluding hydrogens is 455 g/mol. The Morgan fingerprint density at radius 3 is 2.51 bits per heavy atom. The summed E-state index contributed by atoms with van der Waals surface area (Å²) in [4.78, 5) is 15.6. The number of halogens is 3. The van der Waals surface area contributed by atoms with Gasteiger partial charge in [-0.15, -0.1) is 5.10 Å². The van der Waals surface area contributed by atoms with Gasteiger partial charge in [-0.3, -0.25) is 0 Å². The maximum Gasteiger partial charge on any atom is 0.243 e. The van der Waals surface area contributed by atoms with E-state index < -0.39 is 17.5 Å². The lowest BCUT2D eigenvalue weighted by molar-refractivity contribution is 0.261. The van der Waals surface area contributed by atoms with E-state index >= 15 is 0 Å². The van der Waals surface area contributed by atoms with Gasteiger partial charge < -0.3 is 10.2 Å². The van der Waals surface area contributed by atoms with E-state index in [1.54, 1.807) is 24.7 Å². The van der Waals surface area contributed by atoms with Gasteiger partial charge in [0, 0.05) is 47.7 Å². The molecule has 1 aliphatic carbocycles. The molecule has 1 saturated heterocycles. The summed E-state index contributed by atoms with van der Waals surface area (Å²) in [6, 6.07) is 7.44. The van der Waals surface area contributed by atoms with Crippen LogP contribution in [-0.4, -0.2) is 43.2 Å². The highest BCUT2D eigenvalue weighted by Crippen LogP contribution is 2.47. The Bertz CT molecular complexity index is 1420. The summed E-state index contributed by atoms with van der Waals surface area (Å²) in [6.45, 7) is 5.88. The number of rotatable bonds is 4. The summed E-state index contributed by atoms with van der Waals surface area (Å²) >= 11 is 0. The Hall–Kier alpha value is -3.69. The molecule has 7 nitrogen and oxygen atoms in total. The van der Waals surface area contributed by atoms with Gasteiger partial charge in [-0.2, -0.15) is 4.98 Å². The topological polar surface area (TPSA) is 71.2 Å². The van der Waals surface area contributed by atoms with E-state index in [2.05, 4.69) is 37.2 Å². The number of nitrogens with zero attached hydrogens (tertiary/aromatic N) is 6. The van der Waals surface area contributed by atoms with E-state index in [1.165, 1.54) is 10.6 Å². The fourth-order valence-corrected chi connectivity index (χ4v) is 5.65. The molecule has 1 saturated carbocycles. The van der Waals surface area contributed by atoms with E-state index in [0.29, 0.717) is 29.0 Å². The SMILES string of the molecule is Cc1cc(N2CC3CCC(C2)C3(C)Nc2nc3c(-c4ccc(F)c(F)c4F)cccn3n2)ncn1. The summed E-state index contributed by atoms with van der Waals surface area (Å²) in [7, 11) is 0. The summed E-state index contributed by atoms with van der Waals surface area (Å²) in [6.07, 6.45) is 5.46. The molecular formula is C25H24F3N7. The third-order valence-corrected chi connectivity index (χ3v) is 7.62. The number of anilines is 2. The van der Waals surface area contributed by atoms with E-state index in [4.69, 9.17) is 0 Å². The fourth-order valence-electron chi connectivity index (χ4n) is 5.65. The van der Waals surface area contributed by atoms with E-state index in [9.17, 15) is 13.2 Å². The molecule has 35 heavy (non-hydrogen) atoms. The standard InChI is InChI=1S/C25H24F3N7/c1-14-10-20(30-13-29-14)34-11-15-5-6-16(12-34)25(15,2)32-24-31-23-18(4-3-9-35(23)33-24)17-7-8-19(26)22(28)21(17)27/h3-4,7-10,13,15-16H,5-6,11-12H2,1-2H3,(H,32,33). The maximum atomic E-state index is 14.5. The highest BCUT2D eigenvalue weighted by Gasteiger charge is 2.51. The second-order valence-corrected chi connectivity index (χ2v) is 9.65. The molecule has 4 heterocycles. The minimum atomic E-state index is -1.50. The van der Waals surface area contributed by atoms with E-state index in [-0.39, 0.29) is 11.1 Å². The number of aromatic nitrogens is 5. The lowest BCUT2D eigenvalue weighted by atomic mass is 9.78. The summed E-state index contributed by atoms with van der Waals surface area (Å²) < 4.78 is 43.4. The van der Waals surface area contributed by atoms with E-state index in [0.717, 1.165) is 43.5 Å². The van der Waals surface area contributed by atoms with Crippen LogP contribution in [0, 0.1) is 36.2 Å². The third kappa shape index (κ3) is 3.50. The number of hydrogen-bond donors (Lipinski definition) is 1. The van der Waals surface area contributed by atoms with Crippen molar-refractivity contribution in [3.05, 3.63) is 66.0 Å². The molecule has 2 fully saturated rings. The summed E-state index contributed by atoms with van der Waals surface area (Å²) in [5, 5.41) is 8.14. The van der Waals surface area contributed by atoms with Crippen LogP contribution in [0.3, 0.4) is 0 Å². The van der Waals surface area contributed by atoms with Crippen LogP contribution < -0.4 is 10.2 Å². The number of piperidine rings is 1. The fraction of sp³-hybridized carbons (Fsp3) is 0.360. The molecule has 10 heteroatoms. The molecule has 1 aliphatic heterocycles. The molecule has 0 spiro atoms. The third-order valence-electron chi connectivity index (χ3n) is 7.62. The molecule has 0 amide bonds. The highest BCUT2D eigenvalue weighted by molar-refractivity contribution is 5.78. The Morgan fingerprint density at radius 1 is 1.00 bits per heavy atom. The number of hydrogen-bond acceptors (Lipinski definition) is 6. The van der Waals surface area contributed by atoms with Crippen LogP contribution in [0.2, 0.25) is 0 Å². The lowest BCUT2D eigenvalue weighted by Crippen LogP contribution is -2.56. The van der Waals surface area contributed by atoms with Gasteiger partial charge in [0.15, 0.2) is 23.1 Å². The number of aryl methyl sites for hydroxylation is 1. The predicted octanol–water partition coefficient (Wildman–Crippen LogP) is 4.63. The average Bonchev–Trinajstić information content (AvgIpc) is 3.27. The van der Waals surface area contributed by atoms with Crippen LogP contribution in [0.15, 0.2) is 42.9 Å². The zero-order valence-corrected chi connectivity index (χ0v) is 19.3. The molecule has 1 aromatic carbocycles. The maximum absolute atomic E-state index is 14.5. The molecule has 3 aromatic heterocycles. The second kappa shape index (κ2) is 7.93. The van der Waals surface area contributed by atoms with Crippen molar-refractivity contribution in [2.75, 3.05) is 23.3 Å². The van der Waals surface area contributed by atoms with Gasteiger partial charge in [0.1, 0.15) is 12.1 Å². The predicted molar refractivity (Wildman–Crippen MR) is 126 cm³/mol. The number of nitrogens with one attached hydrogen (secondary N) is 1. The van der Waals surface area contributed by atoms with E-state index in [1.807, 2.05) is 13.0 Å². The molecule has 180 valence electrons. The van der Waals surface area contributed by atoms with Crippen LogP contribution in [-0.2, 0) is 0 Å². The van der Waals surface area contributed by atoms with Crippen molar-refractivity contribution in [1.29, 1.82) is 0 Å². The monoisotopic (exact) mass is 479 g/mol. The quantitative estimate of drug-likeness (QED) is 0.431. The van der Waals surface area contributed by atoms with Gasteiger partial charge in [-0.25, -0.2) is 27.7 Å². The van der Waals surface area contributed by atoms with Crippen molar-refractivity contribution in [2.24, 2.45) is 11.8 Å². The van der Waals surface area contributed by atoms with Crippen LogP contribution in [0.1, 0.15) is 25.5 Å². The molecule has 2 atom stereocenters. The van der Waals surface area contributed by atoms with Gasteiger partial charge >= 0.3 is 0 Å². The average molecular weight is 480 g/mol. The molecule has 0 radical (unpaired) electrons. The lowest BCUT2D eigenvalue weighted by Gasteiger charge is -2.46. The minimum Gasteiger partial charge on any atom is -0.356 e. The van der Waals surface area contributed by atoms with Crippen LogP contribution in [0.25, 0.3) is 16.8 Å². The minimum absolute atomic E-state index is 0.0619. The molecule has 2 bridgehead atoms. The summed E-state index contributed by atoms with van der Waals surface area (Å²) in [5.74, 6) is -1.90. The zero-order valence-electron chi connectivity index (χ0n) is 19.3. The highest BCUT2D eigenvalue weighted by atomic mass is 19.2. The van der Waals surface area contributed by atoms with Crippen molar-refractivity contribution in [3.63, 3.8) is 0 Å². The Morgan fingerprint density at radius 2 is 1.77 bits per heavy atom. The van der Waals surface area contributed by atoms with Gasteiger partial charge in [0.05, 0.1) is 0 Å². The van der Waals surface area contributed by atoms with Gasteiger partial charge in [0.25, 0.3) is 0 Å². The first-order valence-electron chi connectivity index (χ1n) is 11.6. The van der Waals surface area contributed by atoms with Gasteiger partial charge in [0.2, 0.25) is 5.95 Å². The number of benzene rings is 1. The number of pyridine rings is 1. The normalized spacial score (nSPS) is 23.7. The molecule has 2 unspecified atom stereocenters. The molecule has 2 aliphatic rings. The van der Waals surface area contributed by atoms with Gasteiger partial charge in [-0.05, 0) is 62.8 Å².